The van der Waals surface area contributed by atoms with Crippen LogP contribution in [-0.2, 0) is 13.0 Å². The van der Waals surface area contributed by atoms with Crippen molar-refractivity contribution in [2.24, 2.45) is 0 Å². The number of aliphatic hydroxyl groups excluding tert-OH is 2. The molecule has 1 heterocycles. The lowest BCUT2D eigenvalue weighted by Gasteiger charge is -2.09. The third-order valence-corrected chi connectivity index (χ3v) is 2.55. The van der Waals surface area contributed by atoms with E-state index in [0.717, 1.165) is 11.1 Å². The fourth-order valence-corrected chi connectivity index (χ4v) is 1.65. The summed E-state index contributed by atoms with van der Waals surface area (Å²) < 4.78 is 5.67. The zero-order valence-electron chi connectivity index (χ0n) is 9.91. The highest BCUT2D eigenvalue weighted by molar-refractivity contribution is 5.36. The van der Waals surface area contributed by atoms with Gasteiger partial charge in [0.05, 0.1) is 6.61 Å². The molecule has 2 rings (SSSR count). The summed E-state index contributed by atoms with van der Waals surface area (Å²) in [5, 5.41) is 18.0. The van der Waals surface area contributed by atoms with Crippen LogP contribution in [0.3, 0.4) is 0 Å². The van der Waals surface area contributed by atoms with Gasteiger partial charge in [-0.25, -0.2) is 4.98 Å². The Bertz CT molecular complexity index is 514. The van der Waals surface area contributed by atoms with Gasteiger partial charge in [-0.3, -0.25) is 0 Å². The summed E-state index contributed by atoms with van der Waals surface area (Å²) in [6.07, 6.45) is 2.13. The van der Waals surface area contributed by atoms with E-state index in [1.807, 2.05) is 24.3 Å². The Morgan fingerprint density at radius 1 is 1.11 bits per heavy atom. The third kappa shape index (κ3) is 3.06. The molecule has 1 aromatic heterocycles. The molecule has 2 N–H and O–H groups in total. The number of rotatable bonds is 5. The molecule has 0 saturated carbocycles. The van der Waals surface area contributed by atoms with Crippen molar-refractivity contribution in [1.82, 2.24) is 4.98 Å². The number of aromatic nitrogens is 1. The second kappa shape index (κ2) is 6.14. The molecular weight excluding hydrogens is 230 g/mol. The lowest BCUT2D eigenvalue weighted by molar-refractivity contribution is 0.281. The number of hydrogen-bond acceptors (Lipinski definition) is 4. The van der Waals surface area contributed by atoms with Crippen molar-refractivity contribution in [2.75, 3.05) is 6.61 Å². The molecule has 0 atom stereocenters. The van der Waals surface area contributed by atoms with E-state index in [1.165, 1.54) is 0 Å². The monoisotopic (exact) mass is 245 g/mol. The molecule has 1 aromatic carbocycles. The summed E-state index contributed by atoms with van der Waals surface area (Å²) in [5.41, 5.74) is 1.68. The Morgan fingerprint density at radius 3 is 2.72 bits per heavy atom. The van der Waals surface area contributed by atoms with Gasteiger partial charge < -0.3 is 14.9 Å². The zero-order chi connectivity index (χ0) is 12.8. The average Bonchev–Trinajstić information content (AvgIpc) is 2.41. The van der Waals surface area contributed by atoms with Crippen molar-refractivity contribution >= 4 is 0 Å². The Balaban J connectivity index is 2.22. The van der Waals surface area contributed by atoms with E-state index >= 15 is 0 Å². The first-order valence-corrected chi connectivity index (χ1v) is 5.76. The Labute approximate surface area is 106 Å². The lowest BCUT2D eigenvalue weighted by Crippen LogP contribution is -1.96. The molecule has 0 saturated heterocycles. The summed E-state index contributed by atoms with van der Waals surface area (Å²) in [5.74, 6) is 1.11. The van der Waals surface area contributed by atoms with E-state index < -0.39 is 0 Å². The molecule has 0 aliphatic rings. The Hall–Kier alpha value is -1.91. The van der Waals surface area contributed by atoms with E-state index in [-0.39, 0.29) is 13.2 Å². The Morgan fingerprint density at radius 2 is 1.94 bits per heavy atom. The van der Waals surface area contributed by atoms with E-state index in [0.29, 0.717) is 18.1 Å². The molecule has 94 valence electrons. The molecule has 0 aliphatic heterocycles. The van der Waals surface area contributed by atoms with Crippen molar-refractivity contribution < 1.29 is 14.9 Å². The molecule has 4 heteroatoms. The number of nitrogens with zero attached hydrogens (tertiary/aromatic N) is 1. The van der Waals surface area contributed by atoms with Crippen molar-refractivity contribution in [1.29, 1.82) is 0 Å². The topological polar surface area (TPSA) is 62.6 Å². The van der Waals surface area contributed by atoms with Gasteiger partial charge in [-0.15, -0.1) is 0 Å². The largest absolute Gasteiger partial charge is 0.439 e. The van der Waals surface area contributed by atoms with Crippen LogP contribution >= 0.6 is 0 Å². The van der Waals surface area contributed by atoms with E-state index in [2.05, 4.69) is 4.98 Å². The summed E-state index contributed by atoms with van der Waals surface area (Å²) in [6, 6.07) is 10.9. The summed E-state index contributed by atoms with van der Waals surface area (Å²) in [6.45, 7) is 0.0294. The second-order valence-corrected chi connectivity index (χ2v) is 3.84. The van der Waals surface area contributed by atoms with Gasteiger partial charge in [0.2, 0.25) is 5.88 Å². The van der Waals surface area contributed by atoms with Crippen LogP contribution in [0.15, 0.2) is 42.6 Å². The molecule has 0 unspecified atom stereocenters. The number of benzene rings is 1. The van der Waals surface area contributed by atoms with Crippen LogP contribution in [0.1, 0.15) is 11.1 Å². The molecule has 0 bridgehead atoms. The molecule has 0 aliphatic carbocycles. The van der Waals surface area contributed by atoms with Gasteiger partial charge in [0.25, 0.3) is 0 Å². The first-order valence-electron chi connectivity index (χ1n) is 5.76. The van der Waals surface area contributed by atoms with Gasteiger partial charge in [0.15, 0.2) is 0 Å². The molecule has 2 aromatic rings. The molecule has 0 amide bonds. The fourth-order valence-electron chi connectivity index (χ4n) is 1.65. The smallest absolute Gasteiger partial charge is 0.219 e. The SMILES string of the molecule is OCCc1ccccc1Oc1cc(CO)ccn1. The number of aliphatic hydroxyl groups is 2. The highest BCUT2D eigenvalue weighted by atomic mass is 16.5. The lowest BCUT2D eigenvalue weighted by atomic mass is 10.1. The standard InChI is InChI=1S/C14H15NO3/c16-8-6-12-3-1-2-4-13(12)18-14-9-11(10-17)5-7-15-14/h1-5,7,9,16-17H,6,8,10H2. The van der Waals surface area contributed by atoms with Gasteiger partial charge in [-0.05, 0) is 29.7 Å². The van der Waals surface area contributed by atoms with Gasteiger partial charge in [-0.2, -0.15) is 0 Å². The van der Waals surface area contributed by atoms with Crippen molar-refractivity contribution in [2.45, 2.75) is 13.0 Å². The minimum atomic E-state index is -0.0445. The van der Waals surface area contributed by atoms with Crippen LogP contribution in [0, 0.1) is 0 Å². The van der Waals surface area contributed by atoms with E-state index in [9.17, 15) is 0 Å². The summed E-state index contributed by atoms with van der Waals surface area (Å²) in [4.78, 5) is 4.09. The summed E-state index contributed by atoms with van der Waals surface area (Å²) >= 11 is 0. The molecule has 0 fully saturated rings. The molecule has 4 nitrogen and oxygen atoms in total. The van der Waals surface area contributed by atoms with Crippen LogP contribution in [-0.4, -0.2) is 21.8 Å². The van der Waals surface area contributed by atoms with Crippen LogP contribution in [0.5, 0.6) is 11.6 Å². The van der Waals surface area contributed by atoms with Gasteiger partial charge in [0.1, 0.15) is 5.75 Å². The number of hydrogen-bond donors (Lipinski definition) is 2. The van der Waals surface area contributed by atoms with Gasteiger partial charge in [-0.1, -0.05) is 18.2 Å². The minimum Gasteiger partial charge on any atom is -0.439 e. The van der Waals surface area contributed by atoms with E-state index in [4.69, 9.17) is 14.9 Å². The first-order chi connectivity index (χ1) is 8.83. The maximum absolute atomic E-state index is 9.05. The van der Waals surface area contributed by atoms with Crippen molar-refractivity contribution in [3.05, 3.63) is 53.7 Å². The fraction of sp³-hybridized carbons (Fsp3) is 0.214. The Kier molecular flexibility index (Phi) is 4.28. The predicted molar refractivity (Wildman–Crippen MR) is 67.5 cm³/mol. The maximum atomic E-state index is 9.05. The normalized spacial score (nSPS) is 10.3. The van der Waals surface area contributed by atoms with Crippen LogP contribution in [0.4, 0.5) is 0 Å². The highest BCUT2D eigenvalue weighted by Crippen LogP contribution is 2.24. The van der Waals surface area contributed by atoms with E-state index in [1.54, 1.807) is 18.3 Å². The van der Waals surface area contributed by atoms with Crippen LogP contribution in [0.25, 0.3) is 0 Å². The maximum Gasteiger partial charge on any atom is 0.219 e. The van der Waals surface area contributed by atoms with Gasteiger partial charge in [0, 0.05) is 18.9 Å². The van der Waals surface area contributed by atoms with Crippen LogP contribution < -0.4 is 4.74 Å². The number of para-hydroxylation sites is 1. The molecular formula is C14H15NO3. The quantitative estimate of drug-likeness (QED) is 0.844. The predicted octanol–water partition coefficient (Wildman–Crippen LogP) is 1.90. The molecule has 0 radical (unpaired) electrons. The summed E-state index contributed by atoms with van der Waals surface area (Å²) in [7, 11) is 0. The van der Waals surface area contributed by atoms with Crippen molar-refractivity contribution in [3.8, 4) is 11.6 Å². The highest BCUT2D eigenvalue weighted by Gasteiger charge is 2.05. The first kappa shape index (κ1) is 12.5. The molecule has 18 heavy (non-hydrogen) atoms. The number of ether oxygens (including phenoxy) is 1. The van der Waals surface area contributed by atoms with Crippen molar-refractivity contribution in [3.63, 3.8) is 0 Å². The zero-order valence-corrected chi connectivity index (χ0v) is 9.91. The second-order valence-electron chi connectivity index (χ2n) is 3.84. The van der Waals surface area contributed by atoms with Crippen LogP contribution in [0.2, 0.25) is 0 Å². The molecule has 0 spiro atoms. The van der Waals surface area contributed by atoms with Gasteiger partial charge >= 0.3 is 0 Å². The third-order valence-electron chi connectivity index (χ3n) is 2.55. The minimum absolute atomic E-state index is 0.0445. The average molecular weight is 245 g/mol. The number of pyridine rings is 1.